The van der Waals surface area contributed by atoms with Crippen molar-refractivity contribution in [1.82, 2.24) is 5.16 Å². The number of nitrogens with zero attached hydrogens (tertiary/aromatic N) is 1. The number of nitrogens with one attached hydrogen (secondary N) is 2. The van der Waals surface area contributed by atoms with E-state index in [1.165, 1.54) is 6.07 Å². The Labute approximate surface area is 116 Å². The van der Waals surface area contributed by atoms with E-state index in [1.54, 1.807) is 19.1 Å². The van der Waals surface area contributed by atoms with Crippen molar-refractivity contribution in [2.24, 2.45) is 0 Å². The number of carbonyl (C=O) groups excluding carboxylic acids is 2. The highest BCUT2D eigenvalue weighted by atomic mass is 16.5. The molecule has 0 fully saturated rings. The van der Waals surface area contributed by atoms with E-state index in [4.69, 9.17) is 4.52 Å². The summed E-state index contributed by atoms with van der Waals surface area (Å²) in [6.45, 7) is 5.60. The lowest BCUT2D eigenvalue weighted by molar-refractivity contribution is -0.133. The van der Waals surface area contributed by atoms with Gasteiger partial charge in [0.25, 0.3) is 0 Å². The molecule has 1 aromatic carbocycles. The average molecular weight is 273 g/mol. The van der Waals surface area contributed by atoms with Gasteiger partial charge in [-0.1, -0.05) is 11.2 Å². The SMILES string of the molecule is Cc1cc(NC(=O)C(=O)Nc2ccc(C)c(C)c2)no1. The maximum absolute atomic E-state index is 11.7. The molecule has 0 unspecified atom stereocenters. The zero-order valence-electron chi connectivity index (χ0n) is 11.5. The Morgan fingerprint density at radius 2 is 1.70 bits per heavy atom. The van der Waals surface area contributed by atoms with Crippen molar-refractivity contribution in [1.29, 1.82) is 0 Å². The molecule has 0 spiro atoms. The molecule has 0 atom stereocenters. The molecule has 104 valence electrons. The van der Waals surface area contributed by atoms with Crippen LogP contribution in [0.4, 0.5) is 11.5 Å². The topological polar surface area (TPSA) is 84.2 Å². The first-order valence-electron chi connectivity index (χ1n) is 6.08. The van der Waals surface area contributed by atoms with Crippen molar-refractivity contribution in [3.8, 4) is 0 Å². The third-order valence-corrected chi connectivity index (χ3v) is 2.84. The molecule has 6 heteroatoms. The Morgan fingerprint density at radius 1 is 1.00 bits per heavy atom. The number of hydrogen-bond acceptors (Lipinski definition) is 4. The number of rotatable bonds is 2. The second-order valence-electron chi connectivity index (χ2n) is 4.53. The van der Waals surface area contributed by atoms with Gasteiger partial charge in [-0.15, -0.1) is 0 Å². The molecule has 2 N–H and O–H groups in total. The highest BCUT2D eigenvalue weighted by molar-refractivity contribution is 6.43. The predicted octanol–water partition coefficient (Wildman–Crippen LogP) is 2.18. The van der Waals surface area contributed by atoms with Gasteiger partial charge < -0.3 is 9.84 Å². The quantitative estimate of drug-likeness (QED) is 0.821. The fraction of sp³-hybridized carbons (Fsp3) is 0.214. The van der Waals surface area contributed by atoms with Gasteiger partial charge in [0.1, 0.15) is 5.76 Å². The highest BCUT2D eigenvalue weighted by Gasteiger charge is 2.15. The van der Waals surface area contributed by atoms with Crippen LogP contribution < -0.4 is 10.6 Å². The van der Waals surface area contributed by atoms with Gasteiger partial charge in [-0.3, -0.25) is 14.9 Å². The Hall–Kier alpha value is -2.63. The molecular formula is C14H15N3O3. The van der Waals surface area contributed by atoms with Crippen molar-refractivity contribution in [2.75, 3.05) is 10.6 Å². The monoisotopic (exact) mass is 273 g/mol. The van der Waals surface area contributed by atoms with Crippen molar-refractivity contribution in [3.05, 3.63) is 41.2 Å². The normalized spacial score (nSPS) is 10.2. The van der Waals surface area contributed by atoms with Crippen molar-refractivity contribution in [2.45, 2.75) is 20.8 Å². The molecule has 2 rings (SSSR count). The summed E-state index contributed by atoms with van der Waals surface area (Å²) in [5.74, 6) is -0.789. The van der Waals surface area contributed by atoms with Crippen LogP contribution in [0.3, 0.4) is 0 Å². The predicted molar refractivity (Wildman–Crippen MR) is 74.4 cm³/mol. The summed E-state index contributed by atoms with van der Waals surface area (Å²) in [5.41, 5.74) is 2.73. The summed E-state index contributed by atoms with van der Waals surface area (Å²) in [4.78, 5) is 23.4. The molecule has 1 heterocycles. The van der Waals surface area contributed by atoms with Crippen LogP contribution in [0, 0.1) is 20.8 Å². The largest absolute Gasteiger partial charge is 0.360 e. The van der Waals surface area contributed by atoms with Gasteiger partial charge in [0.05, 0.1) is 0 Å². The third-order valence-electron chi connectivity index (χ3n) is 2.84. The van der Waals surface area contributed by atoms with Gasteiger partial charge in [0.2, 0.25) is 0 Å². The van der Waals surface area contributed by atoms with Crippen LogP contribution in [-0.4, -0.2) is 17.0 Å². The van der Waals surface area contributed by atoms with E-state index in [2.05, 4.69) is 15.8 Å². The van der Waals surface area contributed by atoms with Crippen LogP contribution in [0.5, 0.6) is 0 Å². The summed E-state index contributed by atoms with van der Waals surface area (Å²) in [6.07, 6.45) is 0. The molecule has 20 heavy (non-hydrogen) atoms. The molecule has 0 aliphatic heterocycles. The summed E-state index contributed by atoms with van der Waals surface area (Å²) >= 11 is 0. The Morgan fingerprint density at radius 3 is 2.30 bits per heavy atom. The Bertz CT molecular complexity index is 661. The summed E-state index contributed by atoms with van der Waals surface area (Å²) in [7, 11) is 0. The Balaban J connectivity index is 2.00. The maximum Gasteiger partial charge on any atom is 0.315 e. The second-order valence-corrected chi connectivity index (χ2v) is 4.53. The molecule has 2 amide bonds. The number of carbonyl (C=O) groups is 2. The van der Waals surface area contributed by atoms with Crippen LogP contribution in [-0.2, 0) is 9.59 Å². The lowest BCUT2D eigenvalue weighted by Gasteiger charge is -2.07. The molecule has 0 saturated heterocycles. The van der Waals surface area contributed by atoms with Gasteiger partial charge >= 0.3 is 11.8 Å². The van der Waals surface area contributed by atoms with E-state index in [-0.39, 0.29) is 5.82 Å². The molecular weight excluding hydrogens is 258 g/mol. The van der Waals surface area contributed by atoms with E-state index >= 15 is 0 Å². The molecule has 0 saturated carbocycles. The molecule has 2 aromatic rings. The number of aryl methyl sites for hydroxylation is 3. The number of hydrogen-bond donors (Lipinski definition) is 2. The zero-order chi connectivity index (χ0) is 14.7. The van der Waals surface area contributed by atoms with E-state index < -0.39 is 11.8 Å². The maximum atomic E-state index is 11.7. The number of aromatic nitrogens is 1. The van der Waals surface area contributed by atoms with Crippen LogP contribution >= 0.6 is 0 Å². The highest BCUT2D eigenvalue weighted by Crippen LogP contribution is 2.14. The van der Waals surface area contributed by atoms with E-state index in [0.717, 1.165) is 11.1 Å². The number of anilines is 2. The molecule has 0 aliphatic rings. The third kappa shape index (κ3) is 3.23. The van der Waals surface area contributed by atoms with Gasteiger partial charge in [0, 0.05) is 11.8 Å². The first-order valence-corrected chi connectivity index (χ1v) is 6.08. The van der Waals surface area contributed by atoms with Crippen LogP contribution in [0.1, 0.15) is 16.9 Å². The molecule has 0 radical (unpaired) electrons. The minimum atomic E-state index is -0.795. The summed E-state index contributed by atoms with van der Waals surface area (Å²) in [5, 5.41) is 8.46. The number of amides is 2. The fourth-order valence-corrected chi connectivity index (χ4v) is 1.61. The lowest BCUT2D eigenvalue weighted by Crippen LogP contribution is -2.29. The zero-order valence-corrected chi connectivity index (χ0v) is 11.5. The average Bonchev–Trinajstić information content (AvgIpc) is 2.79. The Kier molecular flexibility index (Phi) is 3.84. The fourth-order valence-electron chi connectivity index (χ4n) is 1.61. The van der Waals surface area contributed by atoms with Crippen LogP contribution in [0.15, 0.2) is 28.8 Å². The van der Waals surface area contributed by atoms with Crippen LogP contribution in [0.2, 0.25) is 0 Å². The van der Waals surface area contributed by atoms with Crippen molar-refractivity contribution in [3.63, 3.8) is 0 Å². The number of benzene rings is 1. The lowest BCUT2D eigenvalue weighted by atomic mass is 10.1. The minimum absolute atomic E-state index is 0.211. The first kappa shape index (κ1) is 13.8. The van der Waals surface area contributed by atoms with Gasteiger partial charge in [-0.2, -0.15) is 0 Å². The summed E-state index contributed by atoms with van der Waals surface area (Å²) < 4.78 is 4.80. The van der Waals surface area contributed by atoms with Gasteiger partial charge in [-0.25, -0.2) is 0 Å². The van der Waals surface area contributed by atoms with Gasteiger partial charge in [-0.05, 0) is 44.0 Å². The van der Waals surface area contributed by atoms with E-state index in [0.29, 0.717) is 11.4 Å². The van der Waals surface area contributed by atoms with Crippen molar-refractivity contribution >= 4 is 23.3 Å². The van der Waals surface area contributed by atoms with Crippen molar-refractivity contribution < 1.29 is 14.1 Å². The van der Waals surface area contributed by atoms with E-state index in [1.807, 2.05) is 19.9 Å². The minimum Gasteiger partial charge on any atom is -0.360 e. The summed E-state index contributed by atoms with van der Waals surface area (Å²) in [6, 6.07) is 6.96. The van der Waals surface area contributed by atoms with Crippen LogP contribution in [0.25, 0.3) is 0 Å². The van der Waals surface area contributed by atoms with E-state index in [9.17, 15) is 9.59 Å². The molecule has 6 nitrogen and oxygen atoms in total. The molecule has 0 bridgehead atoms. The first-order chi connectivity index (χ1) is 9.45. The molecule has 0 aliphatic carbocycles. The smallest absolute Gasteiger partial charge is 0.315 e. The second kappa shape index (κ2) is 5.56. The standard InChI is InChI=1S/C14H15N3O3/c1-8-4-5-11(6-9(8)2)15-13(18)14(19)16-12-7-10(3)20-17-12/h4-7H,1-3H3,(H,15,18)(H,16,17,19). The van der Waals surface area contributed by atoms with Gasteiger partial charge in [0.15, 0.2) is 5.82 Å². The molecule has 1 aromatic heterocycles.